The molecule has 6 heteroatoms. The van der Waals surface area contributed by atoms with Crippen LogP contribution in [0.25, 0.3) is 10.6 Å². The van der Waals surface area contributed by atoms with Crippen molar-refractivity contribution in [1.29, 1.82) is 0 Å². The van der Waals surface area contributed by atoms with Crippen molar-refractivity contribution >= 4 is 17.3 Å². The van der Waals surface area contributed by atoms with Crippen LogP contribution in [0.3, 0.4) is 0 Å². The molecule has 0 fully saturated rings. The molecule has 0 aliphatic carbocycles. The van der Waals surface area contributed by atoms with E-state index in [0.29, 0.717) is 10.6 Å². The number of carboxylic acid groups (broad SMARTS) is 1. The Morgan fingerprint density at radius 3 is 2.76 bits per heavy atom. The van der Waals surface area contributed by atoms with Crippen LogP contribution in [0.2, 0.25) is 0 Å². The van der Waals surface area contributed by atoms with Gasteiger partial charge in [0.1, 0.15) is 10.8 Å². The van der Waals surface area contributed by atoms with Crippen molar-refractivity contribution in [3.63, 3.8) is 0 Å². The second kappa shape index (κ2) is 5.64. The van der Waals surface area contributed by atoms with Crippen molar-refractivity contribution in [3.8, 4) is 16.3 Å². The number of aromatic carboxylic acids is 1. The van der Waals surface area contributed by atoms with Gasteiger partial charge in [-0.3, -0.25) is 0 Å². The van der Waals surface area contributed by atoms with Gasteiger partial charge in [0.2, 0.25) is 0 Å². The van der Waals surface area contributed by atoms with Crippen LogP contribution in [0.5, 0.6) is 5.75 Å². The topological polar surface area (TPSA) is 73.2 Å². The van der Waals surface area contributed by atoms with Gasteiger partial charge in [0.15, 0.2) is 0 Å². The zero-order chi connectivity index (χ0) is 11.7. The first-order valence-electron chi connectivity index (χ1n) is 4.55. The molecule has 17 heavy (non-hydrogen) atoms. The van der Waals surface area contributed by atoms with E-state index in [0.717, 1.165) is 16.9 Å². The van der Waals surface area contributed by atoms with E-state index in [9.17, 15) is 15.0 Å². The van der Waals surface area contributed by atoms with Crippen LogP contribution in [0, 0.1) is 6.92 Å². The summed E-state index contributed by atoms with van der Waals surface area (Å²) in [7, 11) is 0. The predicted octanol–water partition coefficient (Wildman–Crippen LogP) is -1.81. The van der Waals surface area contributed by atoms with Crippen molar-refractivity contribution in [2.24, 2.45) is 0 Å². The first kappa shape index (κ1) is 14.2. The Morgan fingerprint density at radius 2 is 2.18 bits per heavy atom. The fraction of sp³-hybridized carbons (Fsp3) is 0.0909. The van der Waals surface area contributed by atoms with Crippen LogP contribution < -0.4 is 34.7 Å². The van der Waals surface area contributed by atoms with Gasteiger partial charge in [0, 0.05) is 5.38 Å². The zero-order valence-corrected chi connectivity index (χ0v) is 12.2. The molecule has 0 atom stereocenters. The van der Waals surface area contributed by atoms with E-state index in [1.807, 2.05) is 6.92 Å². The number of hydrogen-bond donors (Lipinski definition) is 1. The average Bonchev–Trinajstić information content (AvgIpc) is 2.70. The maximum Gasteiger partial charge on any atom is 1.00 e. The minimum absolute atomic E-state index is 0. The normalized spacial score (nSPS) is 9.71. The van der Waals surface area contributed by atoms with Crippen molar-refractivity contribution in [2.75, 3.05) is 0 Å². The first-order chi connectivity index (χ1) is 7.58. The Labute approximate surface area is 124 Å². The van der Waals surface area contributed by atoms with Gasteiger partial charge in [-0.2, -0.15) is 0 Å². The van der Waals surface area contributed by atoms with Crippen LogP contribution in [0.15, 0.2) is 23.6 Å². The Hall–Kier alpha value is -0.880. The van der Waals surface area contributed by atoms with Crippen molar-refractivity contribution < 1.29 is 44.6 Å². The summed E-state index contributed by atoms with van der Waals surface area (Å²) < 4.78 is 0. The van der Waals surface area contributed by atoms with Crippen LogP contribution in [-0.2, 0) is 0 Å². The van der Waals surface area contributed by atoms with E-state index in [-0.39, 0.29) is 41.0 Å². The number of rotatable bonds is 2. The number of aromatic nitrogens is 1. The molecule has 4 nitrogen and oxygen atoms in total. The molecule has 2 rings (SSSR count). The summed E-state index contributed by atoms with van der Waals surface area (Å²) in [6.07, 6.45) is 0. The third-order valence-corrected chi connectivity index (χ3v) is 2.97. The minimum Gasteiger partial charge on any atom is -0.543 e. The van der Waals surface area contributed by atoms with Crippen molar-refractivity contribution in [2.45, 2.75) is 6.92 Å². The molecule has 0 aliphatic heterocycles. The van der Waals surface area contributed by atoms with E-state index in [2.05, 4.69) is 4.98 Å². The van der Waals surface area contributed by atoms with Crippen molar-refractivity contribution in [3.05, 3.63) is 34.8 Å². The van der Waals surface area contributed by atoms with Crippen LogP contribution in [-0.4, -0.2) is 16.1 Å². The maximum atomic E-state index is 10.6. The number of aryl methyl sites for hydroxylation is 1. The number of carboxylic acids is 1. The molecule has 82 valence electrons. The van der Waals surface area contributed by atoms with Gasteiger partial charge in [-0.1, -0.05) is 11.6 Å². The minimum atomic E-state index is -1.31. The number of nitrogens with zero attached hydrogens (tertiary/aromatic N) is 1. The molecule has 1 N–H and O–H groups in total. The van der Waals surface area contributed by atoms with Gasteiger partial charge in [-0.15, -0.1) is 11.3 Å². The zero-order valence-electron chi connectivity index (χ0n) is 9.43. The maximum absolute atomic E-state index is 10.6. The van der Waals surface area contributed by atoms with Crippen LogP contribution >= 0.6 is 11.3 Å². The molecule has 1 aromatic heterocycles. The summed E-state index contributed by atoms with van der Waals surface area (Å²) in [4.78, 5) is 14.4. The Balaban J connectivity index is 0.00000144. The summed E-state index contributed by atoms with van der Waals surface area (Å²) in [5.74, 6) is -1.22. The Morgan fingerprint density at radius 1 is 1.47 bits per heavy atom. The number of carbonyl (C=O) groups excluding carboxylic acids is 1. The van der Waals surface area contributed by atoms with E-state index in [1.165, 1.54) is 5.38 Å². The summed E-state index contributed by atoms with van der Waals surface area (Å²) in [5, 5.41) is 22.1. The van der Waals surface area contributed by atoms with Crippen LogP contribution in [0.1, 0.15) is 16.1 Å². The number of phenols is 1. The molecule has 0 bridgehead atoms. The number of phenolic OH excluding ortho intramolecular Hbond substituents is 1. The monoisotopic (exact) mass is 257 g/mol. The molecule has 0 aliphatic rings. The molecule has 0 amide bonds. The molecule has 2 aromatic rings. The van der Waals surface area contributed by atoms with Crippen LogP contribution in [0.4, 0.5) is 0 Å². The van der Waals surface area contributed by atoms with Gasteiger partial charge in [-0.25, -0.2) is 4.98 Å². The number of carbonyl (C=O) groups is 1. The Bertz CT molecular complexity index is 553. The fourth-order valence-corrected chi connectivity index (χ4v) is 2.13. The van der Waals surface area contributed by atoms with Gasteiger partial charge in [0.05, 0.1) is 17.2 Å². The molecular weight excluding hydrogens is 249 g/mol. The summed E-state index contributed by atoms with van der Waals surface area (Å²) in [6, 6.07) is 5.09. The van der Waals surface area contributed by atoms with E-state index >= 15 is 0 Å². The molecule has 1 aromatic carbocycles. The smallest absolute Gasteiger partial charge is 0.543 e. The quantitative estimate of drug-likeness (QED) is 0.644. The van der Waals surface area contributed by atoms with Crippen molar-refractivity contribution in [1.82, 2.24) is 4.98 Å². The number of benzene rings is 1. The summed E-state index contributed by atoms with van der Waals surface area (Å²) in [6.45, 7) is 1.89. The first-order valence-corrected chi connectivity index (χ1v) is 5.43. The third kappa shape index (κ3) is 3.07. The molecule has 0 unspecified atom stereocenters. The molecule has 0 spiro atoms. The number of hydrogen-bond acceptors (Lipinski definition) is 5. The summed E-state index contributed by atoms with van der Waals surface area (Å²) in [5.41, 5.74) is 1.40. The van der Waals surface area contributed by atoms with E-state index < -0.39 is 5.97 Å². The SMILES string of the molecule is Cc1ccc(O)c(-c2nc(C(=O)[O-])cs2)c1.[Na+]. The second-order valence-corrected chi connectivity index (χ2v) is 4.20. The van der Waals surface area contributed by atoms with E-state index in [1.54, 1.807) is 18.2 Å². The standard InChI is InChI=1S/C11H9NO3S.Na/c1-6-2-3-9(13)7(4-6)10-12-8(5-16-10)11(14)15;/h2-5,13H,1H3,(H,14,15);/q;+1/p-1. The fourth-order valence-electron chi connectivity index (χ4n) is 1.31. The molecular formula is C11H8NNaO3S. The number of aromatic hydroxyl groups is 1. The van der Waals surface area contributed by atoms with Gasteiger partial charge >= 0.3 is 29.6 Å². The molecule has 0 saturated carbocycles. The number of thiazole rings is 1. The third-order valence-electron chi connectivity index (χ3n) is 2.10. The van der Waals surface area contributed by atoms with E-state index in [4.69, 9.17) is 0 Å². The molecule has 0 radical (unpaired) electrons. The van der Waals surface area contributed by atoms with Gasteiger partial charge in [-0.05, 0) is 19.1 Å². The largest absolute Gasteiger partial charge is 1.00 e. The predicted molar refractivity (Wildman–Crippen MR) is 58.3 cm³/mol. The van der Waals surface area contributed by atoms with Gasteiger partial charge < -0.3 is 15.0 Å². The second-order valence-electron chi connectivity index (χ2n) is 3.35. The molecule has 0 saturated heterocycles. The average molecular weight is 257 g/mol. The summed E-state index contributed by atoms with van der Waals surface area (Å²) >= 11 is 1.16. The Kier molecular flexibility index (Phi) is 4.70. The molecule has 1 heterocycles. The van der Waals surface area contributed by atoms with Gasteiger partial charge in [0.25, 0.3) is 0 Å².